The highest BCUT2D eigenvalue weighted by Crippen LogP contribution is 2.30. The quantitative estimate of drug-likeness (QED) is 0.588. The summed E-state index contributed by atoms with van der Waals surface area (Å²) in [7, 11) is 0. The van der Waals surface area contributed by atoms with Gasteiger partial charge in [-0.2, -0.15) is 0 Å². The van der Waals surface area contributed by atoms with Crippen LogP contribution in [0.25, 0.3) is 5.57 Å². The fourth-order valence-electron chi connectivity index (χ4n) is 1.86. The van der Waals surface area contributed by atoms with Crippen molar-refractivity contribution in [1.82, 2.24) is 0 Å². The summed E-state index contributed by atoms with van der Waals surface area (Å²) in [5, 5.41) is 0. The van der Waals surface area contributed by atoms with Crippen LogP contribution in [-0.2, 0) is 0 Å². The molecular weight excluding hydrogens is 160 g/mol. The van der Waals surface area contributed by atoms with Gasteiger partial charge < -0.3 is 0 Å². The topological polar surface area (TPSA) is 17.1 Å². The van der Waals surface area contributed by atoms with Gasteiger partial charge in [-0.15, -0.1) is 0 Å². The third-order valence-corrected chi connectivity index (χ3v) is 2.59. The Morgan fingerprint density at radius 2 is 2.08 bits per heavy atom. The van der Waals surface area contributed by atoms with Gasteiger partial charge >= 0.3 is 0 Å². The lowest BCUT2D eigenvalue weighted by Gasteiger charge is -2.18. The van der Waals surface area contributed by atoms with Gasteiger partial charge in [-0.1, -0.05) is 24.8 Å². The maximum atomic E-state index is 11.6. The molecule has 13 heavy (non-hydrogen) atoms. The number of ketones is 1. The molecular formula is C12H12O. The Kier molecular flexibility index (Phi) is 1.80. The molecule has 0 amide bonds. The lowest BCUT2D eigenvalue weighted by Crippen LogP contribution is -2.11. The molecule has 0 unspecified atom stereocenters. The van der Waals surface area contributed by atoms with Crippen molar-refractivity contribution in [2.75, 3.05) is 0 Å². The maximum absolute atomic E-state index is 11.6. The predicted molar refractivity (Wildman–Crippen MR) is 53.8 cm³/mol. The van der Waals surface area contributed by atoms with Gasteiger partial charge in [0.2, 0.25) is 0 Å². The molecule has 1 aliphatic carbocycles. The second-order valence-electron chi connectivity index (χ2n) is 3.52. The molecule has 0 saturated carbocycles. The lowest BCUT2D eigenvalue weighted by molar-refractivity contribution is 0.0980. The Morgan fingerprint density at radius 3 is 2.77 bits per heavy atom. The van der Waals surface area contributed by atoms with Crippen LogP contribution in [-0.4, -0.2) is 5.78 Å². The molecule has 0 bridgehead atoms. The van der Waals surface area contributed by atoms with E-state index in [0.29, 0.717) is 6.42 Å². The smallest absolute Gasteiger partial charge is 0.164 e. The van der Waals surface area contributed by atoms with E-state index in [4.69, 9.17) is 0 Å². The summed E-state index contributed by atoms with van der Waals surface area (Å²) in [5.41, 5.74) is 4.11. The molecule has 0 radical (unpaired) electrons. The minimum atomic E-state index is 0.264. The SMILES string of the molecule is C=C1CCC(=O)c2c(C)cccc21. The second-order valence-corrected chi connectivity index (χ2v) is 3.52. The molecule has 1 aromatic carbocycles. The monoisotopic (exact) mass is 172 g/mol. The van der Waals surface area contributed by atoms with Crippen LogP contribution in [0.1, 0.15) is 34.3 Å². The predicted octanol–water partition coefficient (Wildman–Crippen LogP) is 2.98. The molecule has 2 rings (SSSR count). The highest BCUT2D eigenvalue weighted by Gasteiger charge is 2.20. The van der Waals surface area contributed by atoms with Crippen molar-refractivity contribution in [3.63, 3.8) is 0 Å². The molecule has 0 heterocycles. The zero-order chi connectivity index (χ0) is 9.42. The van der Waals surface area contributed by atoms with Crippen molar-refractivity contribution in [2.24, 2.45) is 0 Å². The Labute approximate surface area is 78.1 Å². The van der Waals surface area contributed by atoms with E-state index >= 15 is 0 Å². The minimum absolute atomic E-state index is 0.264. The second kappa shape index (κ2) is 2.84. The largest absolute Gasteiger partial charge is 0.294 e. The third kappa shape index (κ3) is 1.21. The van der Waals surface area contributed by atoms with Gasteiger partial charge in [0.05, 0.1) is 0 Å². The molecule has 1 aromatic rings. The van der Waals surface area contributed by atoms with Gasteiger partial charge in [-0.3, -0.25) is 4.79 Å². The summed E-state index contributed by atoms with van der Waals surface area (Å²) in [6.45, 7) is 5.96. The van der Waals surface area contributed by atoms with Gasteiger partial charge in [0, 0.05) is 12.0 Å². The van der Waals surface area contributed by atoms with E-state index in [1.807, 2.05) is 25.1 Å². The summed E-state index contributed by atoms with van der Waals surface area (Å²) in [6.07, 6.45) is 1.44. The standard InChI is InChI=1S/C12H12O/c1-8-6-7-11(13)12-9(2)4-3-5-10(8)12/h3-5H,1,6-7H2,2H3. The summed E-state index contributed by atoms with van der Waals surface area (Å²) >= 11 is 0. The highest BCUT2D eigenvalue weighted by molar-refractivity contribution is 6.04. The number of benzene rings is 1. The first-order valence-corrected chi connectivity index (χ1v) is 4.51. The van der Waals surface area contributed by atoms with E-state index in [2.05, 4.69) is 6.58 Å². The van der Waals surface area contributed by atoms with Crippen LogP contribution in [0.15, 0.2) is 24.8 Å². The number of aryl methyl sites for hydroxylation is 1. The molecule has 0 fully saturated rings. The van der Waals surface area contributed by atoms with Crippen LogP contribution in [0.3, 0.4) is 0 Å². The van der Waals surface area contributed by atoms with Crippen LogP contribution in [0.2, 0.25) is 0 Å². The Morgan fingerprint density at radius 1 is 1.31 bits per heavy atom. The zero-order valence-corrected chi connectivity index (χ0v) is 7.76. The number of hydrogen-bond donors (Lipinski definition) is 0. The van der Waals surface area contributed by atoms with Gasteiger partial charge in [-0.25, -0.2) is 0 Å². The number of hydrogen-bond acceptors (Lipinski definition) is 1. The van der Waals surface area contributed by atoms with Crippen molar-refractivity contribution in [2.45, 2.75) is 19.8 Å². The minimum Gasteiger partial charge on any atom is -0.294 e. The molecule has 0 N–H and O–H groups in total. The normalized spacial score (nSPS) is 15.8. The van der Waals surface area contributed by atoms with E-state index in [0.717, 1.165) is 28.7 Å². The zero-order valence-electron chi connectivity index (χ0n) is 7.76. The van der Waals surface area contributed by atoms with E-state index < -0.39 is 0 Å². The number of carbonyl (C=O) groups excluding carboxylic acids is 1. The maximum Gasteiger partial charge on any atom is 0.164 e. The van der Waals surface area contributed by atoms with E-state index in [1.54, 1.807) is 0 Å². The number of Topliss-reactive ketones (excluding diaryl/α,β-unsaturated/α-hetero) is 1. The highest BCUT2D eigenvalue weighted by atomic mass is 16.1. The molecule has 0 aromatic heterocycles. The van der Waals surface area contributed by atoms with Crippen molar-refractivity contribution in [3.05, 3.63) is 41.5 Å². The Balaban J connectivity index is 2.70. The molecule has 0 saturated heterocycles. The van der Waals surface area contributed by atoms with Gasteiger partial charge in [0.25, 0.3) is 0 Å². The number of rotatable bonds is 0. The fourth-order valence-corrected chi connectivity index (χ4v) is 1.86. The average molecular weight is 172 g/mol. The molecule has 66 valence electrons. The Bertz CT molecular complexity index is 388. The third-order valence-electron chi connectivity index (χ3n) is 2.59. The van der Waals surface area contributed by atoms with Gasteiger partial charge in [-0.05, 0) is 30.0 Å². The fraction of sp³-hybridized carbons (Fsp3) is 0.250. The van der Waals surface area contributed by atoms with Crippen LogP contribution in [0, 0.1) is 6.92 Å². The summed E-state index contributed by atoms with van der Waals surface area (Å²) in [4.78, 5) is 11.6. The molecule has 1 heteroatoms. The molecule has 0 atom stereocenters. The average Bonchev–Trinajstić information content (AvgIpc) is 2.12. The number of allylic oxidation sites excluding steroid dienone is 1. The number of carbonyl (C=O) groups is 1. The first-order chi connectivity index (χ1) is 6.20. The summed E-state index contributed by atoms with van der Waals surface area (Å²) < 4.78 is 0. The molecule has 0 aliphatic heterocycles. The Hall–Kier alpha value is -1.37. The van der Waals surface area contributed by atoms with Crippen molar-refractivity contribution in [3.8, 4) is 0 Å². The summed E-state index contributed by atoms with van der Waals surface area (Å²) in [5.74, 6) is 0.264. The van der Waals surface area contributed by atoms with E-state index in [9.17, 15) is 4.79 Å². The van der Waals surface area contributed by atoms with Crippen molar-refractivity contribution >= 4 is 11.4 Å². The molecule has 0 spiro atoms. The first-order valence-electron chi connectivity index (χ1n) is 4.51. The van der Waals surface area contributed by atoms with Crippen molar-refractivity contribution in [1.29, 1.82) is 0 Å². The van der Waals surface area contributed by atoms with E-state index in [1.165, 1.54) is 0 Å². The van der Waals surface area contributed by atoms with Crippen molar-refractivity contribution < 1.29 is 4.79 Å². The van der Waals surface area contributed by atoms with Gasteiger partial charge in [0.1, 0.15) is 0 Å². The van der Waals surface area contributed by atoms with Crippen LogP contribution >= 0.6 is 0 Å². The van der Waals surface area contributed by atoms with Crippen LogP contribution in [0.4, 0.5) is 0 Å². The lowest BCUT2D eigenvalue weighted by atomic mass is 9.85. The number of fused-ring (bicyclic) bond motifs is 1. The molecule has 1 nitrogen and oxygen atoms in total. The van der Waals surface area contributed by atoms with E-state index in [-0.39, 0.29) is 5.78 Å². The summed E-state index contributed by atoms with van der Waals surface area (Å²) in [6, 6.07) is 5.95. The van der Waals surface area contributed by atoms with Crippen LogP contribution in [0.5, 0.6) is 0 Å². The van der Waals surface area contributed by atoms with Crippen LogP contribution < -0.4 is 0 Å². The first kappa shape index (κ1) is 8.24. The van der Waals surface area contributed by atoms with Gasteiger partial charge in [0.15, 0.2) is 5.78 Å². The molecule has 1 aliphatic rings.